The van der Waals surface area contributed by atoms with Gasteiger partial charge in [-0.1, -0.05) is 6.07 Å². The molecule has 0 spiro atoms. The molecular weight excluding hydrogens is 298 g/mol. The highest BCUT2D eigenvalue weighted by atomic mass is 16.5. The Hall–Kier alpha value is -2.57. The van der Waals surface area contributed by atoms with E-state index < -0.39 is 6.10 Å². The van der Waals surface area contributed by atoms with Gasteiger partial charge in [-0.3, -0.25) is 14.4 Å². The van der Waals surface area contributed by atoms with Crippen molar-refractivity contribution in [2.24, 2.45) is 0 Å². The van der Waals surface area contributed by atoms with Gasteiger partial charge in [0.2, 0.25) is 5.91 Å². The van der Waals surface area contributed by atoms with Gasteiger partial charge >= 0.3 is 0 Å². The quantitative estimate of drug-likeness (QED) is 0.827. The Balaban J connectivity index is 1.80. The number of anilines is 1. The number of amides is 3. The molecule has 3 amide bonds. The first-order valence-corrected chi connectivity index (χ1v) is 7.62. The average Bonchev–Trinajstić information content (AvgIpc) is 2.55. The van der Waals surface area contributed by atoms with Gasteiger partial charge in [0, 0.05) is 33.1 Å². The first-order chi connectivity index (χ1) is 11.0. The summed E-state index contributed by atoms with van der Waals surface area (Å²) in [6.07, 6.45) is -0.633. The number of benzene rings is 1. The van der Waals surface area contributed by atoms with E-state index >= 15 is 0 Å². The highest BCUT2D eigenvalue weighted by Crippen LogP contribution is 2.34. The van der Waals surface area contributed by atoms with Crippen molar-refractivity contribution < 1.29 is 19.1 Å². The monoisotopic (exact) mass is 317 g/mol. The van der Waals surface area contributed by atoms with Gasteiger partial charge in [0.25, 0.3) is 11.8 Å². The normalized spacial score (nSPS) is 20.4. The lowest BCUT2D eigenvalue weighted by Gasteiger charge is -2.35. The van der Waals surface area contributed by atoms with E-state index in [9.17, 15) is 14.4 Å². The summed E-state index contributed by atoms with van der Waals surface area (Å²) < 4.78 is 5.62. The van der Waals surface area contributed by atoms with E-state index in [0.717, 1.165) is 0 Å². The summed E-state index contributed by atoms with van der Waals surface area (Å²) in [6.45, 7) is 5.22. The molecule has 1 atom stereocenters. The van der Waals surface area contributed by atoms with Gasteiger partial charge in [0.05, 0.1) is 11.3 Å². The van der Waals surface area contributed by atoms with E-state index in [1.807, 2.05) is 0 Å². The third-order valence-corrected chi connectivity index (χ3v) is 4.18. The molecule has 0 radical (unpaired) electrons. The zero-order chi connectivity index (χ0) is 16.6. The Bertz CT molecular complexity index is 665. The van der Waals surface area contributed by atoms with Crippen LogP contribution in [0.25, 0.3) is 0 Å². The van der Waals surface area contributed by atoms with Crippen molar-refractivity contribution in [1.29, 1.82) is 0 Å². The van der Waals surface area contributed by atoms with E-state index in [1.54, 1.807) is 34.9 Å². The first kappa shape index (κ1) is 15.3. The van der Waals surface area contributed by atoms with Crippen molar-refractivity contribution in [2.45, 2.75) is 20.0 Å². The maximum Gasteiger partial charge on any atom is 0.265 e. The summed E-state index contributed by atoms with van der Waals surface area (Å²) in [5.41, 5.74) is 0.951. The Kier molecular flexibility index (Phi) is 3.94. The fraction of sp³-hybridized carbons (Fsp3) is 0.438. The number of carbonyl (C=O) groups excluding carboxylic acids is 3. The second-order valence-electron chi connectivity index (χ2n) is 5.73. The molecular formula is C16H19N3O4. The van der Waals surface area contributed by atoms with Crippen LogP contribution in [-0.2, 0) is 9.59 Å². The second kappa shape index (κ2) is 5.91. The maximum absolute atomic E-state index is 12.8. The van der Waals surface area contributed by atoms with Gasteiger partial charge in [-0.15, -0.1) is 0 Å². The van der Waals surface area contributed by atoms with E-state index in [4.69, 9.17) is 4.74 Å². The van der Waals surface area contributed by atoms with E-state index in [-0.39, 0.29) is 17.7 Å². The zero-order valence-electron chi connectivity index (χ0n) is 13.2. The van der Waals surface area contributed by atoms with Crippen LogP contribution in [0.2, 0.25) is 0 Å². The summed E-state index contributed by atoms with van der Waals surface area (Å²) >= 11 is 0. The van der Waals surface area contributed by atoms with Crippen molar-refractivity contribution in [3.63, 3.8) is 0 Å². The molecule has 0 bridgehead atoms. The molecule has 1 unspecified atom stereocenters. The van der Waals surface area contributed by atoms with Gasteiger partial charge in [-0.2, -0.15) is 0 Å². The smallest absolute Gasteiger partial charge is 0.265 e. The third kappa shape index (κ3) is 2.86. The SMILES string of the molecule is CC(=O)N1CCN(C(=O)c2cccc3c2OC(C)C(=O)N3)CC1. The molecule has 1 aromatic carbocycles. The second-order valence-corrected chi connectivity index (χ2v) is 5.73. The maximum atomic E-state index is 12.8. The van der Waals surface area contributed by atoms with Gasteiger partial charge < -0.3 is 19.9 Å². The number of piperazine rings is 1. The number of fused-ring (bicyclic) bond motifs is 1. The van der Waals surface area contributed by atoms with Crippen LogP contribution in [0.5, 0.6) is 5.75 Å². The molecule has 2 heterocycles. The number of carbonyl (C=O) groups is 3. The first-order valence-electron chi connectivity index (χ1n) is 7.62. The molecule has 7 heteroatoms. The summed E-state index contributed by atoms with van der Waals surface area (Å²) in [5.74, 6) is 0.0678. The molecule has 2 aliphatic rings. The van der Waals surface area contributed by atoms with Crippen LogP contribution >= 0.6 is 0 Å². The minimum absolute atomic E-state index is 0.0223. The number of rotatable bonds is 1. The highest BCUT2D eigenvalue weighted by Gasteiger charge is 2.30. The minimum Gasteiger partial charge on any atom is -0.478 e. The molecule has 122 valence electrons. The van der Waals surface area contributed by atoms with E-state index in [0.29, 0.717) is 43.2 Å². The van der Waals surface area contributed by atoms with E-state index in [2.05, 4.69) is 5.32 Å². The fourth-order valence-electron chi connectivity index (χ4n) is 2.79. The van der Waals surface area contributed by atoms with Crippen molar-refractivity contribution in [1.82, 2.24) is 9.80 Å². The Morgan fingerprint density at radius 2 is 1.83 bits per heavy atom. The molecule has 23 heavy (non-hydrogen) atoms. The van der Waals surface area contributed by atoms with Crippen LogP contribution in [0.15, 0.2) is 18.2 Å². The molecule has 1 N–H and O–H groups in total. The zero-order valence-corrected chi connectivity index (χ0v) is 13.2. The number of hydrogen-bond acceptors (Lipinski definition) is 4. The lowest BCUT2D eigenvalue weighted by Crippen LogP contribution is -2.50. The standard InChI is InChI=1S/C16H19N3O4/c1-10-15(21)17-13-5-3-4-12(14(13)23-10)16(22)19-8-6-18(7-9-19)11(2)20/h3-5,10H,6-9H2,1-2H3,(H,17,21). The van der Waals surface area contributed by atoms with Crippen LogP contribution < -0.4 is 10.1 Å². The summed E-state index contributed by atoms with van der Waals surface area (Å²) in [4.78, 5) is 39.2. The molecule has 2 aliphatic heterocycles. The van der Waals surface area contributed by atoms with Crippen molar-refractivity contribution >= 4 is 23.4 Å². The summed E-state index contributed by atoms with van der Waals surface area (Å²) in [5, 5.41) is 2.74. The highest BCUT2D eigenvalue weighted by molar-refractivity contribution is 6.04. The van der Waals surface area contributed by atoms with Crippen molar-refractivity contribution in [2.75, 3.05) is 31.5 Å². The van der Waals surface area contributed by atoms with Crippen LogP contribution in [0.4, 0.5) is 5.69 Å². The largest absolute Gasteiger partial charge is 0.478 e. The predicted octanol–water partition coefficient (Wildman–Crippen LogP) is 0.710. The molecule has 0 aliphatic carbocycles. The predicted molar refractivity (Wildman–Crippen MR) is 83.3 cm³/mol. The topological polar surface area (TPSA) is 79.0 Å². The number of nitrogens with one attached hydrogen (secondary N) is 1. The molecule has 1 saturated heterocycles. The Morgan fingerprint density at radius 3 is 2.48 bits per heavy atom. The number of hydrogen-bond donors (Lipinski definition) is 1. The number of para-hydroxylation sites is 1. The lowest BCUT2D eigenvalue weighted by molar-refractivity contribution is -0.130. The van der Waals surface area contributed by atoms with Gasteiger partial charge in [-0.25, -0.2) is 0 Å². The van der Waals surface area contributed by atoms with Crippen LogP contribution in [0.1, 0.15) is 24.2 Å². The minimum atomic E-state index is -0.633. The van der Waals surface area contributed by atoms with Gasteiger partial charge in [0.1, 0.15) is 0 Å². The number of ether oxygens (including phenoxy) is 1. The van der Waals surface area contributed by atoms with Crippen LogP contribution in [0.3, 0.4) is 0 Å². The molecule has 0 aromatic heterocycles. The Morgan fingerprint density at radius 1 is 1.17 bits per heavy atom. The molecule has 0 saturated carbocycles. The summed E-state index contributed by atoms with van der Waals surface area (Å²) in [6, 6.07) is 5.13. The molecule has 3 rings (SSSR count). The van der Waals surface area contributed by atoms with Crippen LogP contribution in [-0.4, -0.2) is 59.8 Å². The Labute approximate surface area is 134 Å². The van der Waals surface area contributed by atoms with Crippen LogP contribution in [0, 0.1) is 0 Å². The van der Waals surface area contributed by atoms with Crippen molar-refractivity contribution in [3.8, 4) is 5.75 Å². The van der Waals surface area contributed by atoms with Crippen molar-refractivity contribution in [3.05, 3.63) is 23.8 Å². The van der Waals surface area contributed by atoms with E-state index in [1.165, 1.54) is 6.92 Å². The molecule has 7 nitrogen and oxygen atoms in total. The van der Waals surface area contributed by atoms with Gasteiger partial charge in [-0.05, 0) is 19.1 Å². The van der Waals surface area contributed by atoms with Gasteiger partial charge in [0.15, 0.2) is 11.9 Å². The number of nitrogens with zero attached hydrogens (tertiary/aromatic N) is 2. The fourth-order valence-corrected chi connectivity index (χ4v) is 2.79. The molecule has 1 aromatic rings. The third-order valence-electron chi connectivity index (χ3n) is 4.18. The average molecular weight is 317 g/mol. The summed E-state index contributed by atoms with van der Waals surface area (Å²) in [7, 11) is 0. The lowest BCUT2D eigenvalue weighted by atomic mass is 10.1. The molecule has 1 fully saturated rings.